The van der Waals surface area contributed by atoms with Crippen LogP contribution in [-0.2, 0) is 24.0 Å². The summed E-state index contributed by atoms with van der Waals surface area (Å²) in [5, 5.41) is 16.7. The van der Waals surface area contributed by atoms with E-state index in [2.05, 4.69) is 39.9 Å². The summed E-state index contributed by atoms with van der Waals surface area (Å²) >= 11 is 0. The predicted octanol–water partition coefficient (Wildman–Crippen LogP) is 5.99. The molecule has 0 saturated carbocycles. The van der Waals surface area contributed by atoms with Crippen LogP contribution in [0.1, 0.15) is 105 Å². The predicted molar refractivity (Wildman–Crippen MR) is 206 cm³/mol. The van der Waals surface area contributed by atoms with Gasteiger partial charge < -0.3 is 39.2 Å². The summed E-state index contributed by atoms with van der Waals surface area (Å²) in [5.41, 5.74) is 5.35. The monoisotopic (exact) mass is 750 g/mol. The first-order valence-corrected chi connectivity index (χ1v) is 20.2. The molecule has 1 amide bonds. The molecule has 3 fully saturated rings. The molecule has 4 aliphatic heterocycles. The van der Waals surface area contributed by atoms with Crippen molar-refractivity contribution in [1.82, 2.24) is 25.5 Å². The summed E-state index contributed by atoms with van der Waals surface area (Å²) in [6.45, 7) is 11.1. The van der Waals surface area contributed by atoms with Gasteiger partial charge in [0.15, 0.2) is 0 Å². The average Bonchev–Trinajstić information content (AvgIpc) is 3.60. The Morgan fingerprint density at radius 3 is 2.22 bits per heavy atom. The molecule has 0 spiro atoms. The van der Waals surface area contributed by atoms with E-state index in [1.54, 1.807) is 11.1 Å². The van der Waals surface area contributed by atoms with Crippen LogP contribution in [-0.4, -0.2) is 90.7 Å². The molecule has 8 rings (SSSR count). The molecule has 2 unspecified atom stereocenters. The molecule has 55 heavy (non-hydrogen) atoms. The number of hydrogen-bond acceptors (Lipinski definition) is 11. The van der Waals surface area contributed by atoms with E-state index in [0.717, 1.165) is 111 Å². The van der Waals surface area contributed by atoms with Gasteiger partial charge >= 0.3 is 6.09 Å². The lowest BCUT2D eigenvalue weighted by Crippen LogP contribution is -2.44. The van der Waals surface area contributed by atoms with E-state index >= 15 is 0 Å². The highest BCUT2D eigenvalue weighted by Gasteiger charge is 2.34. The first-order chi connectivity index (χ1) is 26.7. The molecule has 2 N–H and O–H groups in total. The minimum absolute atomic E-state index is 0.00449. The van der Waals surface area contributed by atoms with Crippen LogP contribution >= 0.6 is 0 Å². The first kappa shape index (κ1) is 37.3. The van der Waals surface area contributed by atoms with Gasteiger partial charge in [0.25, 0.3) is 0 Å². The lowest BCUT2D eigenvalue weighted by molar-refractivity contribution is 0.0125. The van der Waals surface area contributed by atoms with Crippen molar-refractivity contribution in [3.63, 3.8) is 0 Å². The van der Waals surface area contributed by atoms with Gasteiger partial charge in [0, 0.05) is 43.1 Å². The summed E-state index contributed by atoms with van der Waals surface area (Å²) < 4.78 is 31.7. The van der Waals surface area contributed by atoms with Crippen LogP contribution in [0.2, 0.25) is 0 Å². The lowest BCUT2D eigenvalue weighted by Gasteiger charge is -2.34. The van der Waals surface area contributed by atoms with Gasteiger partial charge in [-0.15, -0.1) is 0 Å². The molecule has 3 saturated heterocycles. The maximum absolute atomic E-state index is 12.7. The van der Waals surface area contributed by atoms with Crippen LogP contribution in [0.4, 0.5) is 4.79 Å². The number of rotatable bonds is 8. The molecular formula is C43H54N6O6. The molecule has 292 valence electrons. The number of fused-ring (bicyclic) bond motifs is 2. The van der Waals surface area contributed by atoms with Crippen molar-refractivity contribution in [2.45, 2.75) is 114 Å². The van der Waals surface area contributed by atoms with E-state index in [4.69, 9.17) is 28.7 Å². The number of likely N-dealkylation sites (tertiary alicyclic amines) is 1. The van der Waals surface area contributed by atoms with Gasteiger partial charge in [0.1, 0.15) is 41.2 Å². The van der Waals surface area contributed by atoms with Crippen molar-refractivity contribution in [2.24, 2.45) is 0 Å². The van der Waals surface area contributed by atoms with Crippen molar-refractivity contribution in [3.05, 3.63) is 70.2 Å². The lowest BCUT2D eigenvalue weighted by atomic mass is 9.93. The third kappa shape index (κ3) is 8.94. The Morgan fingerprint density at radius 2 is 1.51 bits per heavy atom. The van der Waals surface area contributed by atoms with Gasteiger partial charge in [-0.05, 0) is 133 Å². The molecular weight excluding hydrogens is 697 g/mol. The number of pyridine rings is 2. The Balaban J connectivity index is 1.01. The van der Waals surface area contributed by atoms with Gasteiger partial charge in [0.05, 0.1) is 30.1 Å². The third-order valence-corrected chi connectivity index (χ3v) is 11.4. The number of nitriles is 1. The number of amides is 1. The fourth-order valence-electron chi connectivity index (χ4n) is 8.52. The van der Waals surface area contributed by atoms with Crippen LogP contribution in [0.25, 0.3) is 0 Å². The third-order valence-electron chi connectivity index (χ3n) is 11.4. The van der Waals surface area contributed by atoms with Crippen LogP contribution in [0.5, 0.6) is 23.1 Å². The average molecular weight is 751 g/mol. The smallest absolute Gasteiger partial charge is 0.410 e. The normalized spacial score (nSPS) is 22.2. The largest absolute Gasteiger partial charge is 0.490 e. The standard InChI is InChI=1S/C43H54N6O6/c1-43(2,3)55-42(50)49-16-10-34(11-17-49)53-38-18-27(24-44)4-5-36(38)28-19-29-23-39(54-33-8-14-46-15-9-33)40(48-37(29)22-28)31-20-30-21-35(25-47-41(30)51-26-31)52-32-6-12-45-13-7-32/h4-5,18,21,23,25,28,31-34,45-46H,6-17,19-20,22,26H2,1-3H3. The van der Waals surface area contributed by atoms with Crippen LogP contribution < -0.4 is 29.6 Å². The molecule has 2 aromatic heterocycles. The fraction of sp³-hybridized carbons (Fsp3) is 0.581. The van der Waals surface area contributed by atoms with E-state index < -0.39 is 5.60 Å². The number of carbonyl (C=O) groups is 1. The highest BCUT2D eigenvalue weighted by molar-refractivity contribution is 5.68. The van der Waals surface area contributed by atoms with Gasteiger partial charge in [-0.3, -0.25) is 4.98 Å². The van der Waals surface area contributed by atoms with E-state index in [-0.39, 0.29) is 36.2 Å². The molecule has 12 nitrogen and oxygen atoms in total. The minimum Gasteiger partial charge on any atom is -0.490 e. The number of nitrogens with one attached hydrogen (secondary N) is 2. The topological polar surface area (TPSA) is 140 Å². The van der Waals surface area contributed by atoms with E-state index in [1.165, 1.54) is 5.56 Å². The Labute approximate surface area is 324 Å². The maximum atomic E-state index is 12.7. The Bertz CT molecular complexity index is 1890. The fourth-order valence-corrected chi connectivity index (χ4v) is 8.52. The number of aromatic nitrogens is 2. The number of nitrogens with zero attached hydrogens (tertiary/aromatic N) is 4. The Hall–Kier alpha value is -4.60. The van der Waals surface area contributed by atoms with E-state index in [0.29, 0.717) is 44.0 Å². The summed E-state index contributed by atoms with van der Waals surface area (Å²) in [6.07, 6.45) is 9.30. The first-order valence-electron chi connectivity index (χ1n) is 20.2. The van der Waals surface area contributed by atoms with Crippen LogP contribution in [0.15, 0.2) is 36.5 Å². The second kappa shape index (κ2) is 16.2. The molecule has 2 atom stereocenters. The molecule has 5 aliphatic rings. The van der Waals surface area contributed by atoms with Gasteiger partial charge in [0.2, 0.25) is 5.88 Å². The van der Waals surface area contributed by atoms with Crippen molar-refractivity contribution < 1.29 is 28.5 Å². The molecule has 3 aromatic rings. The van der Waals surface area contributed by atoms with Crippen molar-refractivity contribution in [3.8, 4) is 29.2 Å². The minimum atomic E-state index is -0.537. The number of benzene rings is 1. The zero-order chi connectivity index (χ0) is 37.9. The van der Waals surface area contributed by atoms with Gasteiger partial charge in [-0.25, -0.2) is 9.78 Å². The van der Waals surface area contributed by atoms with E-state index in [1.807, 2.05) is 32.9 Å². The summed E-state index contributed by atoms with van der Waals surface area (Å²) in [4.78, 5) is 24.5. The van der Waals surface area contributed by atoms with Crippen molar-refractivity contribution in [1.29, 1.82) is 5.26 Å². The second-order valence-corrected chi connectivity index (χ2v) is 16.7. The maximum Gasteiger partial charge on any atom is 0.410 e. The Morgan fingerprint density at radius 1 is 0.836 bits per heavy atom. The second-order valence-electron chi connectivity index (χ2n) is 16.7. The zero-order valence-corrected chi connectivity index (χ0v) is 32.4. The van der Waals surface area contributed by atoms with Crippen molar-refractivity contribution >= 4 is 6.09 Å². The van der Waals surface area contributed by atoms with Crippen LogP contribution in [0.3, 0.4) is 0 Å². The Kier molecular flexibility index (Phi) is 11.0. The quantitative estimate of drug-likeness (QED) is 0.281. The number of hydrogen-bond donors (Lipinski definition) is 2. The summed E-state index contributed by atoms with van der Waals surface area (Å²) in [5.74, 6) is 3.19. The van der Waals surface area contributed by atoms with E-state index in [9.17, 15) is 10.1 Å². The van der Waals surface area contributed by atoms with Gasteiger partial charge in [-0.1, -0.05) is 6.07 Å². The summed E-state index contributed by atoms with van der Waals surface area (Å²) in [6, 6.07) is 12.4. The molecule has 12 heteroatoms. The molecule has 1 aliphatic carbocycles. The highest BCUT2D eigenvalue weighted by atomic mass is 16.6. The molecule has 0 radical (unpaired) electrons. The highest BCUT2D eigenvalue weighted by Crippen LogP contribution is 2.43. The van der Waals surface area contributed by atoms with Crippen molar-refractivity contribution in [2.75, 3.05) is 45.9 Å². The SMILES string of the molecule is CC(C)(C)OC(=O)N1CCC(Oc2cc(C#N)ccc2C2Cc3cc(OC4CCNCC4)c(C4COc5ncc(OC6CCNCC6)cc5C4)nc3C2)CC1. The molecule has 1 aromatic carbocycles. The zero-order valence-electron chi connectivity index (χ0n) is 32.4. The van der Waals surface area contributed by atoms with Crippen LogP contribution in [0, 0.1) is 11.3 Å². The van der Waals surface area contributed by atoms with Gasteiger partial charge in [-0.2, -0.15) is 5.26 Å². The number of carbonyl (C=O) groups excluding carboxylic acids is 1. The molecule has 6 heterocycles. The molecule has 0 bridgehead atoms. The summed E-state index contributed by atoms with van der Waals surface area (Å²) in [7, 11) is 0. The number of piperidine rings is 3. The number of ether oxygens (including phenoxy) is 5.